The molecule has 2 aromatic rings. The van der Waals surface area contributed by atoms with Gasteiger partial charge in [-0.05, 0) is 61.1 Å². The van der Waals surface area contributed by atoms with Crippen molar-refractivity contribution < 1.29 is 0 Å². The van der Waals surface area contributed by atoms with Gasteiger partial charge in [0.1, 0.15) is 0 Å². The van der Waals surface area contributed by atoms with Crippen LogP contribution in [0.5, 0.6) is 0 Å². The summed E-state index contributed by atoms with van der Waals surface area (Å²) in [5, 5.41) is 0. The Labute approximate surface area is 132 Å². The molecule has 0 aromatic heterocycles. The minimum atomic E-state index is 0.957. The molecule has 112 valence electrons. The monoisotopic (exact) mass is 290 g/mol. The van der Waals surface area contributed by atoms with Crippen molar-refractivity contribution in [2.75, 3.05) is 18.0 Å². The minimum absolute atomic E-state index is 0.957. The fourth-order valence-electron chi connectivity index (χ4n) is 3.48. The van der Waals surface area contributed by atoms with E-state index in [1.807, 2.05) is 0 Å². The third-order valence-electron chi connectivity index (χ3n) is 4.78. The molecule has 2 aliphatic rings. The van der Waals surface area contributed by atoms with Crippen LogP contribution in [0.25, 0.3) is 0 Å². The number of fused-ring (bicyclic) bond motifs is 1. The molecule has 0 amide bonds. The van der Waals surface area contributed by atoms with Gasteiger partial charge in [-0.15, -0.1) is 0 Å². The molecule has 22 heavy (non-hydrogen) atoms. The predicted octanol–water partition coefficient (Wildman–Crippen LogP) is 4.66. The standard InChI is InChI=1S/C20H22N2/c1-15-5-6-17-14-20(21-19(17)13-15)16-7-9-18(10-8-16)22-11-3-2-4-12-22/h5-10,13H,2-4,11-12,14H2,1H3. The summed E-state index contributed by atoms with van der Waals surface area (Å²) in [7, 11) is 0. The van der Waals surface area contributed by atoms with Crippen LogP contribution < -0.4 is 4.90 Å². The molecule has 0 bridgehead atoms. The molecule has 1 saturated heterocycles. The van der Waals surface area contributed by atoms with Gasteiger partial charge in [-0.25, -0.2) is 0 Å². The summed E-state index contributed by atoms with van der Waals surface area (Å²) < 4.78 is 0. The number of nitrogens with zero attached hydrogens (tertiary/aromatic N) is 2. The Balaban J connectivity index is 1.56. The lowest BCUT2D eigenvalue weighted by atomic mass is 10.0. The Kier molecular flexibility index (Phi) is 3.45. The van der Waals surface area contributed by atoms with E-state index in [0.29, 0.717) is 0 Å². The van der Waals surface area contributed by atoms with Gasteiger partial charge in [0.15, 0.2) is 0 Å². The van der Waals surface area contributed by atoms with Gasteiger partial charge in [-0.2, -0.15) is 0 Å². The number of hydrogen-bond acceptors (Lipinski definition) is 2. The molecule has 0 unspecified atom stereocenters. The number of aryl methyl sites for hydroxylation is 1. The van der Waals surface area contributed by atoms with Gasteiger partial charge < -0.3 is 4.90 Å². The first-order chi connectivity index (χ1) is 10.8. The van der Waals surface area contributed by atoms with Crippen molar-refractivity contribution in [1.82, 2.24) is 0 Å². The van der Waals surface area contributed by atoms with E-state index in [-0.39, 0.29) is 0 Å². The average Bonchev–Trinajstić information content (AvgIpc) is 2.99. The van der Waals surface area contributed by atoms with Gasteiger partial charge in [0.05, 0.1) is 11.4 Å². The fourth-order valence-corrected chi connectivity index (χ4v) is 3.48. The molecule has 4 rings (SSSR count). The molecular weight excluding hydrogens is 268 g/mol. The van der Waals surface area contributed by atoms with Gasteiger partial charge >= 0.3 is 0 Å². The zero-order valence-corrected chi connectivity index (χ0v) is 13.2. The summed E-state index contributed by atoms with van der Waals surface area (Å²) in [5.41, 5.74) is 7.59. The molecule has 2 aromatic carbocycles. The van der Waals surface area contributed by atoms with Crippen LogP contribution in [0.4, 0.5) is 11.4 Å². The quantitative estimate of drug-likeness (QED) is 0.785. The van der Waals surface area contributed by atoms with Crippen LogP contribution in [0.3, 0.4) is 0 Å². The van der Waals surface area contributed by atoms with Crippen molar-refractivity contribution in [2.45, 2.75) is 32.6 Å². The van der Waals surface area contributed by atoms with Crippen LogP contribution in [0, 0.1) is 6.92 Å². The Bertz CT molecular complexity index is 707. The van der Waals surface area contributed by atoms with Crippen molar-refractivity contribution in [3.63, 3.8) is 0 Å². The molecule has 2 nitrogen and oxygen atoms in total. The topological polar surface area (TPSA) is 15.6 Å². The number of anilines is 1. The number of benzene rings is 2. The lowest BCUT2D eigenvalue weighted by molar-refractivity contribution is 0.578. The van der Waals surface area contributed by atoms with Crippen LogP contribution in [-0.4, -0.2) is 18.8 Å². The van der Waals surface area contributed by atoms with Crippen LogP contribution in [0.1, 0.15) is 36.0 Å². The number of piperidine rings is 1. The van der Waals surface area contributed by atoms with Crippen LogP contribution in [-0.2, 0) is 6.42 Å². The highest BCUT2D eigenvalue weighted by molar-refractivity contribution is 6.06. The summed E-state index contributed by atoms with van der Waals surface area (Å²) in [6.07, 6.45) is 4.98. The highest BCUT2D eigenvalue weighted by atomic mass is 15.1. The van der Waals surface area contributed by atoms with Crippen molar-refractivity contribution in [3.05, 3.63) is 59.2 Å². The van der Waals surface area contributed by atoms with Crippen molar-refractivity contribution in [1.29, 1.82) is 0 Å². The van der Waals surface area contributed by atoms with E-state index in [0.717, 1.165) is 12.1 Å². The Morgan fingerprint density at radius 2 is 1.68 bits per heavy atom. The minimum Gasteiger partial charge on any atom is -0.372 e. The van der Waals surface area contributed by atoms with E-state index in [1.54, 1.807) is 0 Å². The second-order valence-electron chi connectivity index (χ2n) is 6.46. The summed E-state index contributed by atoms with van der Waals surface area (Å²) >= 11 is 0. The van der Waals surface area contributed by atoms with Crippen LogP contribution in [0.15, 0.2) is 47.5 Å². The van der Waals surface area contributed by atoms with Gasteiger partial charge in [0.25, 0.3) is 0 Å². The molecule has 0 radical (unpaired) electrons. The summed E-state index contributed by atoms with van der Waals surface area (Å²) in [4.78, 5) is 7.33. The first kappa shape index (κ1) is 13.6. The smallest absolute Gasteiger partial charge is 0.0671 e. The normalized spacial score (nSPS) is 17.3. The number of aliphatic imine (C=N–C) groups is 1. The second kappa shape index (κ2) is 5.60. The first-order valence-electron chi connectivity index (χ1n) is 8.32. The van der Waals surface area contributed by atoms with Crippen LogP contribution >= 0.6 is 0 Å². The maximum atomic E-state index is 4.83. The zero-order chi connectivity index (χ0) is 14.9. The SMILES string of the molecule is Cc1ccc2c(c1)N=C(c1ccc(N3CCCCC3)cc1)C2. The van der Waals surface area contributed by atoms with E-state index in [2.05, 4.69) is 54.3 Å². The molecule has 0 aliphatic carbocycles. The Hall–Kier alpha value is -2.09. The molecular formula is C20H22N2. The summed E-state index contributed by atoms with van der Waals surface area (Å²) in [6, 6.07) is 15.6. The third kappa shape index (κ3) is 2.54. The lowest BCUT2D eigenvalue weighted by Gasteiger charge is -2.28. The average molecular weight is 290 g/mol. The maximum Gasteiger partial charge on any atom is 0.0671 e. The van der Waals surface area contributed by atoms with E-state index >= 15 is 0 Å². The molecule has 0 saturated carbocycles. The zero-order valence-electron chi connectivity index (χ0n) is 13.2. The van der Waals surface area contributed by atoms with E-state index in [9.17, 15) is 0 Å². The highest BCUT2D eigenvalue weighted by Gasteiger charge is 2.16. The van der Waals surface area contributed by atoms with Crippen LogP contribution in [0.2, 0.25) is 0 Å². The van der Waals surface area contributed by atoms with E-state index in [1.165, 1.54) is 60.4 Å². The second-order valence-corrected chi connectivity index (χ2v) is 6.46. The molecule has 2 heterocycles. The first-order valence-corrected chi connectivity index (χ1v) is 8.32. The molecule has 2 aliphatic heterocycles. The Morgan fingerprint density at radius 3 is 2.45 bits per heavy atom. The van der Waals surface area contributed by atoms with Crippen molar-refractivity contribution in [3.8, 4) is 0 Å². The lowest BCUT2D eigenvalue weighted by Crippen LogP contribution is -2.29. The molecule has 2 heteroatoms. The fraction of sp³-hybridized carbons (Fsp3) is 0.350. The third-order valence-corrected chi connectivity index (χ3v) is 4.78. The predicted molar refractivity (Wildman–Crippen MR) is 93.6 cm³/mol. The Morgan fingerprint density at radius 1 is 0.909 bits per heavy atom. The molecule has 0 spiro atoms. The van der Waals surface area contributed by atoms with Crippen molar-refractivity contribution >= 4 is 17.1 Å². The van der Waals surface area contributed by atoms with Gasteiger partial charge in [0, 0.05) is 25.2 Å². The largest absolute Gasteiger partial charge is 0.372 e. The summed E-state index contributed by atoms with van der Waals surface area (Å²) in [6.45, 7) is 4.53. The van der Waals surface area contributed by atoms with E-state index in [4.69, 9.17) is 4.99 Å². The summed E-state index contributed by atoms with van der Waals surface area (Å²) in [5.74, 6) is 0. The van der Waals surface area contributed by atoms with Gasteiger partial charge in [-0.3, -0.25) is 4.99 Å². The van der Waals surface area contributed by atoms with Crippen molar-refractivity contribution in [2.24, 2.45) is 4.99 Å². The highest BCUT2D eigenvalue weighted by Crippen LogP contribution is 2.30. The number of hydrogen-bond donors (Lipinski definition) is 0. The van der Waals surface area contributed by atoms with Gasteiger partial charge in [0.2, 0.25) is 0 Å². The number of rotatable bonds is 2. The van der Waals surface area contributed by atoms with E-state index < -0.39 is 0 Å². The molecule has 0 atom stereocenters. The maximum absolute atomic E-state index is 4.83. The molecule has 1 fully saturated rings. The van der Waals surface area contributed by atoms with Gasteiger partial charge in [-0.1, -0.05) is 24.3 Å². The molecule has 0 N–H and O–H groups in total.